The van der Waals surface area contributed by atoms with Gasteiger partial charge in [-0.25, -0.2) is 29.9 Å². The molecule has 15 heterocycles. The molecule has 0 aliphatic heterocycles. The van der Waals surface area contributed by atoms with Gasteiger partial charge < -0.3 is 8.83 Å². The van der Waals surface area contributed by atoms with Gasteiger partial charge in [-0.1, -0.05) is 322 Å². The van der Waals surface area contributed by atoms with Crippen LogP contribution in [0.4, 0.5) is 0 Å². The molecule has 0 radical (unpaired) electrons. The van der Waals surface area contributed by atoms with Crippen molar-refractivity contribution in [2.24, 2.45) is 0 Å². The van der Waals surface area contributed by atoms with Crippen LogP contribution in [-0.4, -0.2) is 43.6 Å². The summed E-state index contributed by atoms with van der Waals surface area (Å²) < 4.78 is 37.0. The van der Waals surface area contributed by atoms with Crippen molar-refractivity contribution in [2.45, 2.75) is 0 Å². The Hall–Kier alpha value is -17.8. The molecule has 0 saturated heterocycles. The van der Waals surface area contributed by atoms with Crippen molar-refractivity contribution in [3.05, 3.63) is 419 Å². The average Bonchev–Trinajstić information content (AvgIpc) is 1.54. The van der Waals surface area contributed by atoms with Crippen molar-refractivity contribution in [1.82, 2.24) is 43.6 Å². The molecule has 11 nitrogen and oxygen atoms in total. The number of benzene rings is 21. The minimum atomic E-state index is 0.654. The van der Waals surface area contributed by atoms with Crippen LogP contribution < -0.4 is 0 Å². The predicted molar refractivity (Wildman–Crippen MR) is 643 cm³/mol. The van der Waals surface area contributed by atoms with E-state index in [-0.39, 0.29) is 0 Å². The zero-order chi connectivity index (χ0) is 97.5. The smallest absolute Gasteiger partial charge is 0.235 e. The van der Waals surface area contributed by atoms with Gasteiger partial charge in [0.05, 0.1) is 80.8 Å². The monoisotopic (exact) mass is 2040 g/mol. The van der Waals surface area contributed by atoms with E-state index in [4.69, 9.17) is 38.7 Å². The number of hydrogen-bond acceptors (Lipinski definition) is 15. The number of thiophene rings is 7. The first-order chi connectivity index (χ1) is 74.4. The summed E-state index contributed by atoms with van der Waals surface area (Å²) in [6.07, 6.45) is 0. The molecule has 0 aliphatic rings. The van der Waals surface area contributed by atoms with Crippen LogP contribution in [0.3, 0.4) is 0 Å². The Morgan fingerprint density at radius 2 is 0.460 bits per heavy atom. The molecule has 0 spiro atoms. The van der Waals surface area contributed by atoms with E-state index in [0.29, 0.717) is 17.8 Å². The highest BCUT2D eigenvalue weighted by Crippen LogP contribution is 2.56. The minimum Gasteiger partial charge on any atom is -0.456 e. The lowest BCUT2D eigenvalue weighted by atomic mass is 10.00. The van der Waals surface area contributed by atoms with Crippen molar-refractivity contribution in [2.75, 3.05) is 0 Å². The quantitative estimate of drug-likeness (QED) is 0.162. The summed E-state index contributed by atoms with van der Waals surface area (Å²) in [6, 6.07) is 150. The highest BCUT2D eigenvalue weighted by molar-refractivity contribution is 7.29. The molecule has 18 heteroatoms. The number of hydrogen-bond donors (Lipinski definition) is 0. The van der Waals surface area contributed by atoms with Crippen molar-refractivity contribution in [3.63, 3.8) is 0 Å². The summed E-state index contributed by atoms with van der Waals surface area (Å²) in [4.78, 5) is 33.2. The second-order valence-corrected chi connectivity index (χ2v) is 46.0. The molecule has 0 aliphatic carbocycles. The predicted octanol–water partition coefficient (Wildman–Crippen LogP) is 39.6. The van der Waals surface area contributed by atoms with Gasteiger partial charge in [0.15, 0.2) is 0 Å². The number of furan rings is 2. The lowest BCUT2D eigenvalue weighted by Crippen LogP contribution is -2.03. The molecule has 0 amide bonds. The van der Waals surface area contributed by atoms with Crippen LogP contribution in [0.2, 0.25) is 0 Å². The number of fused-ring (bicyclic) bond motifs is 48. The van der Waals surface area contributed by atoms with Crippen LogP contribution in [0.1, 0.15) is 0 Å². The van der Waals surface area contributed by atoms with Crippen LogP contribution in [-0.2, 0) is 0 Å². The number of aromatic nitrogens is 9. The van der Waals surface area contributed by atoms with E-state index >= 15 is 0 Å². The second kappa shape index (κ2) is 31.9. The Morgan fingerprint density at radius 1 is 0.173 bits per heavy atom. The molecule has 36 aromatic rings. The lowest BCUT2D eigenvalue weighted by molar-refractivity contribution is 0.669. The molecule has 0 atom stereocenters. The van der Waals surface area contributed by atoms with Crippen LogP contribution in [0.5, 0.6) is 0 Å². The maximum Gasteiger partial charge on any atom is 0.235 e. The first kappa shape index (κ1) is 83.4. The Morgan fingerprint density at radius 3 is 0.893 bits per heavy atom. The fourth-order valence-electron chi connectivity index (χ4n) is 24.3. The molecule has 0 unspecified atom stereocenters. The number of para-hydroxylation sites is 6. The van der Waals surface area contributed by atoms with Gasteiger partial charge in [-0.3, -0.25) is 13.7 Å². The maximum absolute atomic E-state index is 6.61. The molecule has 0 N–H and O–H groups in total. The highest BCUT2D eigenvalue weighted by atomic mass is 32.1. The molecule has 0 bridgehead atoms. The topological polar surface area (TPSA) is 118 Å². The SMILES string of the molecule is c1ccc2c(c1)oc1c(-c3nc(-n4c5ccccc5c5c6sc7ccccc7c6c6ccccc6c54)nc4c3sc3ccccc34)cccc12.c1ccc2c(c1)oc1ccc(-c3nc(-n4c5ccccc5c5c6sc7ccccc7c6c6ccccc6c54)nc4c3sc3ccccc34)cc12.c1ccc2c(c1)sc1c(-c3nc(-n4c5ccccc5c5c6sc7ccccc7c6c6ccccc6c54)nc4c3sc3ccccc34)cccc12. The van der Waals surface area contributed by atoms with Gasteiger partial charge in [-0.05, 0) is 113 Å². The molecular weight excluding hydrogens is 1970 g/mol. The van der Waals surface area contributed by atoms with E-state index < -0.39 is 0 Å². The summed E-state index contributed by atoms with van der Waals surface area (Å²) in [7, 11) is 0. The molecule has 696 valence electrons. The van der Waals surface area contributed by atoms with Gasteiger partial charge in [0.1, 0.15) is 22.3 Å². The Balaban J connectivity index is 0.0000000957. The standard InChI is InChI=1S/2C44H23N3OS2.C44H23N3S3/c1-2-14-26-25(13-1)36-29-16-5-9-22-34(29)49-42(36)37-28-15-3-7-20-32(28)47(40(26)37)44-45-38-30-17-6-10-23-35(30)50-43(38)39(46-44)31-19-11-18-27-24-12-4-8-21-33(24)48-41(27)31;1-2-13-27-26(12-1)37-29-15-5-9-19-35(29)49-42(37)38-28-14-3-7-17-32(28)47(41(27)38)44-45-39(43-40(46-44)30-16-6-10-20-36(30)50-43)24-21-22-34-31(23-24)25-11-4-8-18-33(25)48-34;1-2-14-26-25(13-1)36-29-16-5-9-22-34(29)49-42(36)37-28-15-3-7-20-32(28)47(40(26)37)44-45-38-30-17-6-10-23-35(30)50-43(38)39(46-44)31-19-11-18-27-24-12-4-8-21-33(24)48-41(27)31/h3*1-23H. The lowest BCUT2D eigenvalue weighted by Gasteiger charge is -2.12. The third-order valence-electron chi connectivity index (χ3n) is 30.6. The van der Waals surface area contributed by atoms with E-state index in [9.17, 15) is 0 Å². The Bertz CT molecular complexity index is 11900. The van der Waals surface area contributed by atoms with Gasteiger partial charge >= 0.3 is 0 Å². The molecule has 0 fully saturated rings. The molecule has 150 heavy (non-hydrogen) atoms. The average molecular weight is 2040 g/mol. The summed E-state index contributed by atoms with van der Waals surface area (Å²) >= 11 is 12.8. The van der Waals surface area contributed by atoms with Crippen LogP contribution in [0.25, 0.3) is 335 Å². The maximum atomic E-state index is 6.61. The van der Waals surface area contributed by atoms with E-state index in [1.807, 2.05) is 69.6 Å². The third-order valence-corrected chi connectivity index (χ3v) is 38.9. The normalized spacial score (nSPS) is 12.4. The van der Waals surface area contributed by atoms with E-state index in [2.05, 4.69) is 408 Å². The van der Waals surface area contributed by atoms with Crippen molar-refractivity contribution in [3.8, 4) is 51.6 Å². The zero-order valence-electron chi connectivity index (χ0n) is 79.0. The molecule has 0 saturated carbocycles. The third kappa shape index (κ3) is 11.8. The van der Waals surface area contributed by atoms with E-state index in [1.165, 1.54) is 165 Å². The summed E-state index contributed by atoms with van der Waals surface area (Å²) in [5.41, 5.74) is 19.1. The van der Waals surface area contributed by atoms with Gasteiger partial charge in [-0.2, -0.15) is 0 Å². The minimum absolute atomic E-state index is 0.654. The number of nitrogens with zero attached hydrogens (tertiary/aromatic N) is 9. The summed E-state index contributed by atoms with van der Waals surface area (Å²) in [6.45, 7) is 0. The first-order valence-corrected chi connectivity index (χ1v) is 55.7. The van der Waals surface area contributed by atoms with E-state index in [1.54, 1.807) is 34.0 Å². The summed E-state index contributed by atoms with van der Waals surface area (Å²) in [5.74, 6) is 2.02. The van der Waals surface area contributed by atoms with Crippen LogP contribution >= 0.6 is 79.4 Å². The van der Waals surface area contributed by atoms with Crippen molar-refractivity contribution in [1.29, 1.82) is 0 Å². The Kier molecular flexibility index (Phi) is 17.7. The van der Waals surface area contributed by atoms with Gasteiger partial charge in [0, 0.05) is 198 Å². The molecule has 36 rings (SSSR count). The highest BCUT2D eigenvalue weighted by Gasteiger charge is 2.32. The second-order valence-electron chi connectivity index (χ2n) is 38.6. The fourth-order valence-corrected chi connectivity index (χ4v) is 32.8. The van der Waals surface area contributed by atoms with Crippen molar-refractivity contribution < 1.29 is 8.83 Å². The van der Waals surface area contributed by atoms with Crippen LogP contribution in [0.15, 0.2) is 427 Å². The molecular formula is C132H69N9O2S7. The van der Waals surface area contributed by atoms with Crippen LogP contribution in [0, 0.1) is 0 Å². The summed E-state index contributed by atoms with van der Waals surface area (Å²) in [5, 5.41) is 33.0. The van der Waals surface area contributed by atoms with Gasteiger partial charge in [0.25, 0.3) is 0 Å². The van der Waals surface area contributed by atoms with E-state index in [0.717, 1.165) is 152 Å². The van der Waals surface area contributed by atoms with Crippen molar-refractivity contribution >= 4 is 363 Å². The largest absolute Gasteiger partial charge is 0.456 e. The first-order valence-electron chi connectivity index (χ1n) is 50.0. The Labute approximate surface area is 877 Å². The zero-order valence-corrected chi connectivity index (χ0v) is 84.8. The molecule has 21 aromatic carbocycles. The van der Waals surface area contributed by atoms with Gasteiger partial charge in [0.2, 0.25) is 17.8 Å². The fraction of sp³-hybridized carbons (Fsp3) is 0. The number of rotatable bonds is 6. The van der Waals surface area contributed by atoms with Gasteiger partial charge in [-0.15, -0.1) is 79.4 Å². The molecule has 15 aromatic heterocycles.